The molecule has 2 aliphatic heterocycles. The lowest BCUT2D eigenvalue weighted by molar-refractivity contribution is -0.123. The molecule has 2 aliphatic rings. The van der Waals surface area contributed by atoms with E-state index < -0.39 is 17.4 Å². The van der Waals surface area contributed by atoms with E-state index in [-0.39, 0.29) is 23.7 Å². The van der Waals surface area contributed by atoms with Crippen molar-refractivity contribution in [3.05, 3.63) is 80.1 Å². The number of aromatic nitrogens is 2. The Hall–Kier alpha value is -3.65. The zero-order chi connectivity index (χ0) is 23.1. The van der Waals surface area contributed by atoms with E-state index in [0.717, 1.165) is 12.0 Å². The number of fused-ring (bicyclic) bond motifs is 2. The Morgan fingerprint density at radius 2 is 1.97 bits per heavy atom. The molecule has 33 heavy (non-hydrogen) atoms. The number of H-pyrrole nitrogens is 1. The molecule has 1 unspecified atom stereocenters. The molecule has 0 saturated heterocycles. The predicted molar refractivity (Wildman–Crippen MR) is 127 cm³/mol. The van der Waals surface area contributed by atoms with Crippen LogP contribution >= 0.6 is 11.6 Å². The van der Waals surface area contributed by atoms with Crippen molar-refractivity contribution < 1.29 is 9.59 Å². The number of nitrogens with one attached hydrogen (secondary N) is 3. The van der Waals surface area contributed by atoms with Gasteiger partial charge in [-0.15, -0.1) is 0 Å². The van der Waals surface area contributed by atoms with Gasteiger partial charge in [0.25, 0.3) is 5.56 Å². The molecule has 0 aliphatic carbocycles. The highest BCUT2D eigenvalue weighted by Crippen LogP contribution is 2.31. The second-order valence-corrected chi connectivity index (χ2v) is 8.76. The molecule has 5 rings (SSSR count). The zero-order valence-corrected chi connectivity index (χ0v) is 18.7. The van der Waals surface area contributed by atoms with Gasteiger partial charge in [0.2, 0.25) is 17.8 Å². The normalized spacial score (nSPS) is 17.1. The number of rotatable bonds is 3. The van der Waals surface area contributed by atoms with Gasteiger partial charge < -0.3 is 15.5 Å². The van der Waals surface area contributed by atoms with Crippen LogP contribution in [0.1, 0.15) is 34.6 Å². The quantitative estimate of drug-likeness (QED) is 0.552. The second kappa shape index (κ2) is 8.37. The fourth-order valence-electron chi connectivity index (χ4n) is 4.31. The molecular formula is C24H22ClN5O3. The maximum Gasteiger partial charge on any atom is 0.258 e. The van der Waals surface area contributed by atoms with Crippen LogP contribution < -0.4 is 21.1 Å². The average Bonchev–Trinajstić information content (AvgIpc) is 2.80. The SMILES string of the molecule is Cc1ccc(NC(=O)C2CC(=O)Nc3nc(N4CCc5ccccc5C4)[nH]c(=O)c32)cc1Cl. The Balaban J connectivity index is 1.44. The van der Waals surface area contributed by atoms with Crippen molar-refractivity contribution in [1.82, 2.24) is 9.97 Å². The number of halogens is 1. The third-order valence-electron chi connectivity index (χ3n) is 6.12. The molecule has 0 saturated carbocycles. The number of aryl methyl sites for hydroxylation is 1. The van der Waals surface area contributed by atoms with Crippen molar-refractivity contribution in [3.8, 4) is 0 Å². The molecule has 3 heterocycles. The molecule has 168 valence electrons. The minimum Gasteiger partial charge on any atom is -0.338 e. The predicted octanol–water partition coefficient (Wildman–Crippen LogP) is 3.36. The summed E-state index contributed by atoms with van der Waals surface area (Å²) in [6, 6.07) is 13.3. The lowest BCUT2D eigenvalue weighted by Crippen LogP contribution is -2.38. The van der Waals surface area contributed by atoms with Crippen LogP contribution in [0.25, 0.3) is 0 Å². The summed E-state index contributed by atoms with van der Waals surface area (Å²) >= 11 is 6.15. The van der Waals surface area contributed by atoms with Crippen molar-refractivity contribution in [2.24, 2.45) is 0 Å². The van der Waals surface area contributed by atoms with Crippen molar-refractivity contribution in [2.75, 3.05) is 22.1 Å². The molecule has 0 fully saturated rings. The third-order valence-corrected chi connectivity index (χ3v) is 6.53. The highest BCUT2D eigenvalue weighted by Gasteiger charge is 2.35. The first kappa shape index (κ1) is 21.2. The molecule has 2 amide bonds. The Morgan fingerprint density at radius 1 is 1.18 bits per heavy atom. The van der Waals surface area contributed by atoms with Gasteiger partial charge in [0, 0.05) is 30.2 Å². The van der Waals surface area contributed by atoms with Gasteiger partial charge in [0.1, 0.15) is 5.82 Å². The van der Waals surface area contributed by atoms with Gasteiger partial charge in [0.05, 0.1) is 11.5 Å². The fourth-order valence-corrected chi connectivity index (χ4v) is 4.49. The maximum absolute atomic E-state index is 13.1. The Kier molecular flexibility index (Phi) is 5.38. The first-order chi connectivity index (χ1) is 15.9. The Morgan fingerprint density at radius 3 is 2.76 bits per heavy atom. The molecule has 8 nitrogen and oxygen atoms in total. The lowest BCUT2D eigenvalue weighted by Gasteiger charge is -2.30. The van der Waals surface area contributed by atoms with E-state index in [1.165, 1.54) is 11.1 Å². The summed E-state index contributed by atoms with van der Waals surface area (Å²) < 4.78 is 0. The Bertz CT molecular complexity index is 1340. The first-order valence-corrected chi connectivity index (χ1v) is 11.1. The van der Waals surface area contributed by atoms with Crippen LogP contribution in [0.15, 0.2) is 47.3 Å². The van der Waals surface area contributed by atoms with Gasteiger partial charge in [-0.25, -0.2) is 0 Å². The number of anilines is 3. The van der Waals surface area contributed by atoms with Crippen molar-refractivity contribution >= 4 is 40.9 Å². The molecule has 2 aromatic carbocycles. The molecular weight excluding hydrogens is 442 g/mol. The van der Waals surface area contributed by atoms with E-state index in [4.69, 9.17) is 11.6 Å². The summed E-state index contributed by atoms with van der Waals surface area (Å²) in [6.45, 7) is 3.15. The summed E-state index contributed by atoms with van der Waals surface area (Å²) in [5.41, 5.74) is 3.54. The summed E-state index contributed by atoms with van der Waals surface area (Å²) in [5, 5.41) is 5.95. The first-order valence-electron chi connectivity index (χ1n) is 10.7. The van der Waals surface area contributed by atoms with Crippen LogP contribution in [0.5, 0.6) is 0 Å². The summed E-state index contributed by atoms with van der Waals surface area (Å²) in [5.74, 6) is -1.28. The number of benzene rings is 2. The number of hydrogen-bond acceptors (Lipinski definition) is 5. The van der Waals surface area contributed by atoms with Crippen molar-refractivity contribution in [2.45, 2.75) is 32.2 Å². The molecule has 0 radical (unpaired) electrons. The largest absolute Gasteiger partial charge is 0.338 e. The summed E-state index contributed by atoms with van der Waals surface area (Å²) in [6.07, 6.45) is 0.688. The minimum absolute atomic E-state index is 0.131. The smallest absolute Gasteiger partial charge is 0.258 e. The average molecular weight is 464 g/mol. The summed E-state index contributed by atoms with van der Waals surface area (Å²) in [4.78, 5) is 47.8. The monoisotopic (exact) mass is 463 g/mol. The molecule has 9 heteroatoms. The van der Waals surface area contributed by atoms with Crippen LogP contribution in [0.2, 0.25) is 5.02 Å². The topological polar surface area (TPSA) is 107 Å². The number of carbonyl (C=O) groups excluding carboxylic acids is 2. The zero-order valence-electron chi connectivity index (χ0n) is 17.9. The van der Waals surface area contributed by atoms with E-state index in [1.807, 2.05) is 24.0 Å². The minimum atomic E-state index is -0.957. The maximum atomic E-state index is 13.1. The number of amides is 2. The van der Waals surface area contributed by atoms with Gasteiger partial charge in [0.15, 0.2) is 0 Å². The molecule has 0 spiro atoms. The molecule has 1 atom stereocenters. The Labute approximate surface area is 195 Å². The van der Waals surface area contributed by atoms with Crippen molar-refractivity contribution in [1.29, 1.82) is 0 Å². The standard InChI is InChI=1S/C24H22ClN5O3/c1-13-6-7-16(10-18(13)25)26-22(32)17-11-19(31)27-21-20(17)23(33)29-24(28-21)30-9-8-14-4-2-3-5-15(14)12-30/h2-7,10,17H,8-9,11-12H2,1H3,(H,26,32)(H2,27,28,29,31,33). The second-order valence-electron chi connectivity index (χ2n) is 8.35. The van der Waals surface area contributed by atoms with Crippen LogP contribution in [-0.2, 0) is 22.6 Å². The van der Waals surface area contributed by atoms with Gasteiger partial charge >= 0.3 is 0 Å². The van der Waals surface area contributed by atoms with Gasteiger partial charge in [-0.2, -0.15) is 4.98 Å². The highest BCUT2D eigenvalue weighted by atomic mass is 35.5. The van der Waals surface area contributed by atoms with Crippen LogP contribution in [0, 0.1) is 6.92 Å². The molecule has 3 aromatic rings. The van der Waals surface area contributed by atoms with Gasteiger partial charge in [-0.3, -0.25) is 19.4 Å². The number of aromatic amines is 1. The van der Waals surface area contributed by atoms with E-state index >= 15 is 0 Å². The van der Waals surface area contributed by atoms with Gasteiger partial charge in [-0.1, -0.05) is 41.9 Å². The number of nitrogens with zero attached hydrogens (tertiary/aromatic N) is 2. The van der Waals surface area contributed by atoms with Crippen LogP contribution in [0.4, 0.5) is 17.5 Å². The van der Waals surface area contributed by atoms with E-state index in [0.29, 0.717) is 29.7 Å². The van der Waals surface area contributed by atoms with E-state index in [9.17, 15) is 14.4 Å². The lowest BCUT2D eigenvalue weighted by atomic mass is 9.92. The van der Waals surface area contributed by atoms with E-state index in [1.54, 1.807) is 18.2 Å². The van der Waals surface area contributed by atoms with Crippen molar-refractivity contribution in [3.63, 3.8) is 0 Å². The van der Waals surface area contributed by atoms with Crippen LogP contribution in [-0.4, -0.2) is 28.3 Å². The van der Waals surface area contributed by atoms with Crippen LogP contribution in [0.3, 0.4) is 0 Å². The molecule has 0 bridgehead atoms. The fraction of sp³-hybridized carbons (Fsp3) is 0.250. The highest BCUT2D eigenvalue weighted by molar-refractivity contribution is 6.31. The summed E-state index contributed by atoms with van der Waals surface area (Å²) in [7, 11) is 0. The van der Waals surface area contributed by atoms with Gasteiger partial charge in [-0.05, 0) is 42.2 Å². The molecule has 1 aromatic heterocycles. The van der Waals surface area contributed by atoms with E-state index in [2.05, 4.69) is 32.7 Å². The molecule has 3 N–H and O–H groups in total. The number of hydrogen-bond donors (Lipinski definition) is 3. The third kappa shape index (κ3) is 4.09. The number of carbonyl (C=O) groups is 2.